The fourth-order valence-electron chi connectivity index (χ4n) is 4.75. The Bertz CT molecular complexity index is 1040. The van der Waals surface area contributed by atoms with Crippen LogP contribution in [0.5, 0.6) is 0 Å². The molecule has 0 heteroatoms. The molecule has 126 valence electrons. The highest BCUT2D eigenvalue weighted by Crippen LogP contribution is 2.61. The van der Waals surface area contributed by atoms with Gasteiger partial charge in [0.1, 0.15) is 0 Å². The molecule has 0 bridgehead atoms. The number of fused-ring (bicyclic) bond motifs is 4. The van der Waals surface area contributed by atoms with Gasteiger partial charge in [0.15, 0.2) is 0 Å². The summed E-state index contributed by atoms with van der Waals surface area (Å²) in [4.78, 5) is 0. The topological polar surface area (TPSA) is 0 Å². The van der Waals surface area contributed by atoms with Crippen molar-refractivity contribution in [2.45, 2.75) is 12.3 Å². The summed E-state index contributed by atoms with van der Waals surface area (Å²) >= 11 is 0. The van der Waals surface area contributed by atoms with Crippen LogP contribution < -0.4 is 0 Å². The molecule has 2 aliphatic carbocycles. The summed E-state index contributed by atoms with van der Waals surface area (Å²) in [7, 11) is 0. The van der Waals surface area contributed by atoms with Crippen molar-refractivity contribution in [3.63, 3.8) is 0 Å². The number of hydrogen-bond acceptors (Lipinski definition) is 0. The molecule has 0 radical (unpaired) electrons. The van der Waals surface area contributed by atoms with Gasteiger partial charge in [0.2, 0.25) is 0 Å². The summed E-state index contributed by atoms with van der Waals surface area (Å²) in [5.74, 6) is 0. The van der Waals surface area contributed by atoms with Gasteiger partial charge in [-0.3, -0.25) is 0 Å². The summed E-state index contributed by atoms with van der Waals surface area (Å²) in [5, 5.41) is 0. The van der Waals surface area contributed by atoms with Crippen molar-refractivity contribution in [3.05, 3.63) is 132 Å². The smallest absolute Gasteiger partial charge is 0.0725 e. The minimum absolute atomic E-state index is 0.366. The molecule has 0 amide bonds. The predicted molar refractivity (Wildman–Crippen MR) is 113 cm³/mol. The van der Waals surface area contributed by atoms with Crippen molar-refractivity contribution in [3.8, 4) is 0 Å². The molecule has 1 unspecified atom stereocenters. The fraction of sp³-hybridized carbons (Fsp3) is 0.0769. The number of hydrogen-bond donors (Lipinski definition) is 0. The van der Waals surface area contributed by atoms with E-state index in [1.54, 1.807) is 0 Å². The predicted octanol–water partition coefficient (Wildman–Crippen LogP) is 6.64. The maximum Gasteiger partial charge on any atom is 0.0725 e. The van der Waals surface area contributed by atoms with E-state index in [1.165, 1.54) is 39.0 Å². The molecule has 0 N–H and O–H groups in total. The van der Waals surface area contributed by atoms with Crippen LogP contribution in [0.4, 0.5) is 0 Å². The van der Waals surface area contributed by atoms with Crippen LogP contribution in [0.1, 0.15) is 29.2 Å². The Morgan fingerprint density at radius 2 is 1.19 bits per heavy atom. The van der Waals surface area contributed by atoms with Gasteiger partial charge >= 0.3 is 0 Å². The molecule has 0 fully saturated rings. The van der Waals surface area contributed by atoms with Crippen LogP contribution in [0.3, 0.4) is 0 Å². The molecule has 2 aliphatic rings. The van der Waals surface area contributed by atoms with Crippen molar-refractivity contribution < 1.29 is 0 Å². The van der Waals surface area contributed by atoms with Crippen LogP contribution in [0.25, 0.3) is 11.1 Å². The summed E-state index contributed by atoms with van der Waals surface area (Å²) in [6.45, 7) is 14.5. The number of allylic oxidation sites excluding steroid dienone is 9. The lowest BCUT2D eigenvalue weighted by molar-refractivity contribution is 0.780. The molecule has 0 aromatic heterocycles. The maximum atomic E-state index is 4.20. The third-order valence-electron chi connectivity index (χ3n) is 5.58. The minimum atomic E-state index is -0.366. The van der Waals surface area contributed by atoms with Crippen molar-refractivity contribution >= 4 is 11.1 Å². The molecule has 4 rings (SSSR count). The van der Waals surface area contributed by atoms with Gasteiger partial charge < -0.3 is 0 Å². The van der Waals surface area contributed by atoms with Crippen molar-refractivity contribution in [2.75, 3.05) is 0 Å². The van der Waals surface area contributed by atoms with Crippen molar-refractivity contribution in [1.29, 1.82) is 0 Å². The minimum Gasteiger partial charge on any atom is -0.0987 e. The third-order valence-corrected chi connectivity index (χ3v) is 5.58. The first-order valence-corrected chi connectivity index (χ1v) is 8.94. The molecule has 1 atom stereocenters. The van der Waals surface area contributed by atoms with E-state index in [9.17, 15) is 0 Å². The largest absolute Gasteiger partial charge is 0.0987 e. The standard InChI is InChI=1S/C26H22/c1-5-13-19-21-15-10-12-17-25(21)26(23(19)8-4)22(7-3)18(6-2)20-14-9-11-16-24(20)26/h5-17H,2-4H2,1H3/b13-5-. The second kappa shape index (κ2) is 6.00. The Balaban J connectivity index is 2.26. The van der Waals surface area contributed by atoms with E-state index >= 15 is 0 Å². The average molecular weight is 334 g/mol. The molecule has 0 heterocycles. The van der Waals surface area contributed by atoms with E-state index in [2.05, 4.69) is 87.3 Å². The van der Waals surface area contributed by atoms with Crippen LogP contribution in [-0.4, -0.2) is 0 Å². The summed E-state index contributed by atoms with van der Waals surface area (Å²) in [6, 6.07) is 17.3. The van der Waals surface area contributed by atoms with Crippen LogP contribution >= 0.6 is 0 Å². The Morgan fingerprint density at radius 3 is 1.69 bits per heavy atom. The highest BCUT2D eigenvalue weighted by molar-refractivity contribution is 5.99. The van der Waals surface area contributed by atoms with E-state index in [1.807, 2.05) is 18.2 Å². The monoisotopic (exact) mass is 334 g/mol. The normalized spacial score (nSPS) is 20.7. The Labute approximate surface area is 155 Å². The van der Waals surface area contributed by atoms with Crippen LogP contribution in [-0.2, 0) is 5.41 Å². The zero-order valence-corrected chi connectivity index (χ0v) is 15.1. The lowest BCUT2D eigenvalue weighted by Crippen LogP contribution is -2.27. The third kappa shape index (κ3) is 1.79. The Morgan fingerprint density at radius 1 is 0.692 bits per heavy atom. The molecule has 2 aromatic rings. The molecule has 1 spiro atoms. The van der Waals surface area contributed by atoms with Crippen molar-refractivity contribution in [1.82, 2.24) is 0 Å². The second-order valence-corrected chi connectivity index (χ2v) is 6.61. The molecular weight excluding hydrogens is 312 g/mol. The van der Waals surface area contributed by atoms with Crippen LogP contribution in [0.15, 0.2) is 110 Å². The highest BCUT2D eigenvalue weighted by Gasteiger charge is 2.51. The number of rotatable bonds is 4. The first kappa shape index (κ1) is 16.4. The zero-order chi connectivity index (χ0) is 18.3. The lowest BCUT2D eigenvalue weighted by Gasteiger charge is -2.32. The summed E-state index contributed by atoms with van der Waals surface area (Å²) in [5.41, 5.74) is 9.51. The number of benzene rings is 2. The van der Waals surface area contributed by atoms with Crippen LogP contribution in [0, 0.1) is 0 Å². The Kier molecular flexibility index (Phi) is 3.77. The zero-order valence-electron chi connectivity index (χ0n) is 15.1. The van der Waals surface area contributed by atoms with Gasteiger partial charge in [0.05, 0.1) is 5.41 Å². The lowest BCUT2D eigenvalue weighted by atomic mass is 9.68. The van der Waals surface area contributed by atoms with Crippen molar-refractivity contribution in [2.24, 2.45) is 0 Å². The Hall–Kier alpha value is -3.12. The first-order valence-electron chi connectivity index (χ1n) is 8.94. The quantitative estimate of drug-likeness (QED) is 0.588. The van der Waals surface area contributed by atoms with E-state index in [0.717, 1.165) is 5.57 Å². The first-order chi connectivity index (χ1) is 12.7. The van der Waals surface area contributed by atoms with E-state index in [-0.39, 0.29) is 5.41 Å². The van der Waals surface area contributed by atoms with E-state index in [0.29, 0.717) is 0 Å². The maximum absolute atomic E-state index is 4.20. The van der Waals surface area contributed by atoms with Crippen LogP contribution in [0.2, 0.25) is 0 Å². The molecular formula is C26H22. The summed E-state index contributed by atoms with van der Waals surface area (Å²) in [6.07, 6.45) is 10.3. The fourth-order valence-corrected chi connectivity index (χ4v) is 4.75. The molecule has 0 nitrogen and oxygen atoms in total. The van der Waals surface area contributed by atoms with E-state index in [4.69, 9.17) is 0 Å². The van der Waals surface area contributed by atoms with Gasteiger partial charge in [-0.15, -0.1) is 0 Å². The molecule has 0 aliphatic heterocycles. The highest BCUT2D eigenvalue weighted by atomic mass is 14.5. The van der Waals surface area contributed by atoms with Gasteiger partial charge in [-0.25, -0.2) is 0 Å². The molecule has 26 heavy (non-hydrogen) atoms. The SMILES string of the molecule is C=CC1=C(C=C)C2(C(C=C)=C(/C=C\C)c3ccccc32)c2ccccc21. The van der Waals surface area contributed by atoms with Gasteiger partial charge in [-0.1, -0.05) is 98.6 Å². The second-order valence-electron chi connectivity index (χ2n) is 6.61. The average Bonchev–Trinajstić information content (AvgIpc) is 3.13. The van der Waals surface area contributed by atoms with E-state index < -0.39 is 0 Å². The molecule has 2 aromatic carbocycles. The van der Waals surface area contributed by atoms with Gasteiger partial charge in [0.25, 0.3) is 0 Å². The molecule has 0 saturated carbocycles. The van der Waals surface area contributed by atoms with Gasteiger partial charge in [-0.05, 0) is 51.5 Å². The molecule has 0 saturated heterocycles. The van der Waals surface area contributed by atoms with Gasteiger partial charge in [-0.2, -0.15) is 0 Å². The summed E-state index contributed by atoms with van der Waals surface area (Å²) < 4.78 is 0. The van der Waals surface area contributed by atoms with Gasteiger partial charge in [0, 0.05) is 0 Å².